The molecule has 1 aliphatic carbocycles. The predicted octanol–water partition coefficient (Wildman–Crippen LogP) is 3.97. The molecule has 2 heterocycles. The number of benzene rings is 1. The number of amides is 2. The van der Waals surface area contributed by atoms with E-state index in [4.69, 9.17) is 0 Å². The molecule has 29 heavy (non-hydrogen) atoms. The van der Waals surface area contributed by atoms with Crippen molar-refractivity contribution in [1.29, 1.82) is 0 Å². The molecule has 0 unspecified atom stereocenters. The molecule has 6 heteroatoms. The van der Waals surface area contributed by atoms with Gasteiger partial charge in [-0.05, 0) is 63.9 Å². The largest absolute Gasteiger partial charge is 0.336 e. The second-order valence-electron chi connectivity index (χ2n) is 8.27. The zero-order chi connectivity index (χ0) is 20.7. The van der Waals surface area contributed by atoms with Crippen LogP contribution in [0.4, 0.5) is 4.79 Å². The van der Waals surface area contributed by atoms with Crippen molar-refractivity contribution in [3.8, 4) is 0 Å². The normalized spacial score (nSPS) is 21.1. The quantitative estimate of drug-likeness (QED) is 0.778. The summed E-state index contributed by atoms with van der Waals surface area (Å²) in [6.45, 7) is 8.18. The van der Waals surface area contributed by atoms with Gasteiger partial charge >= 0.3 is 6.03 Å². The minimum Gasteiger partial charge on any atom is -0.324 e. The third-order valence-corrected chi connectivity index (χ3v) is 6.84. The minimum atomic E-state index is -0.164. The molecule has 2 aliphatic rings. The summed E-state index contributed by atoms with van der Waals surface area (Å²) in [5.41, 5.74) is 7.09. The Kier molecular flexibility index (Phi) is 5.38. The van der Waals surface area contributed by atoms with Crippen molar-refractivity contribution in [2.75, 3.05) is 32.1 Å². The number of nitrogens with one attached hydrogen (secondary N) is 1. The Morgan fingerprint density at radius 1 is 1.21 bits per heavy atom. The van der Waals surface area contributed by atoms with Crippen LogP contribution in [0.3, 0.4) is 0 Å². The van der Waals surface area contributed by atoms with E-state index < -0.39 is 0 Å². The molecule has 1 N–H and O–H groups in total. The first-order valence-corrected chi connectivity index (χ1v) is 11.0. The number of likely N-dealkylation sites (N-methyl/N-ethyl adjacent to an activating group) is 1. The van der Waals surface area contributed by atoms with Gasteiger partial charge < -0.3 is 9.80 Å². The molecule has 1 fully saturated rings. The lowest BCUT2D eigenvalue weighted by Crippen LogP contribution is -2.44. The summed E-state index contributed by atoms with van der Waals surface area (Å²) >= 11 is 0. The fraction of sp³-hybridized carbons (Fsp3) is 0.565. The Hall–Kier alpha value is -2.34. The highest BCUT2D eigenvalue weighted by Gasteiger charge is 2.39. The van der Waals surface area contributed by atoms with Crippen LogP contribution < -0.4 is 5.43 Å². The number of carbonyl (C=O) groups is 2. The van der Waals surface area contributed by atoms with E-state index in [0.717, 1.165) is 24.0 Å². The molecule has 1 saturated heterocycles. The first-order chi connectivity index (χ1) is 14.0. The minimum absolute atomic E-state index is 0.0823. The second kappa shape index (κ2) is 7.82. The van der Waals surface area contributed by atoms with Gasteiger partial charge in [-0.2, -0.15) is 0 Å². The maximum Gasteiger partial charge on any atom is 0.336 e. The summed E-state index contributed by atoms with van der Waals surface area (Å²) in [5, 5.41) is 1.18. The van der Waals surface area contributed by atoms with E-state index in [1.165, 1.54) is 23.8 Å². The van der Waals surface area contributed by atoms with Gasteiger partial charge in [0.1, 0.15) is 5.69 Å². The van der Waals surface area contributed by atoms with Gasteiger partial charge in [0.15, 0.2) is 5.78 Å². The third kappa shape index (κ3) is 3.14. The van der Waals surface area contributed by atoms with Gasteiger partial charge in [0.05, 0.1) is 5.52 Å². The predicted molar refractivity (Wildman–Crippen MR) is 116 cm³/mol. The summed E-state index contributed by atoms with van der Waals surface area (Å²) in [7, 11) is 2.20. The summed E-state index contributed by atoms with van der Waals surface area (Å²) in [6.07, 6.45) is 3.67. The summed E-state index contributed by atoms with van der Waals surface area (Å²) in [5.74, 6) is 0.572. The summed E-state index contributed by atoms with van der Waals surface area (Å²) < 4.78 is 1.78. The molecule has 6 nitrogen and oxygen atoms in total. The Morgan fingerprint density at radius 3 is 2.66 bits per heavy atom. The van der Waals surface area contributed by atoms with E-state index in [0.29, 0.717) is 37.2 Å². The van der Waals surface area contributed by atoms with Gasteiger partial charge in [-0.15, -0.1) is 0 Å². The van der Waals surface area contributed by atoms with Gasteiger partial charge in [0.2, 0.25) is 0 Å². The maximum atomic E-state index is 13.1. The van der Waals surface area contributed by atoms with Gasteiger partial charge in [0, 0.05) is 36.9 Å². The Bertz CT molecular complexity index is 944. The topological polar surface area (TPSA) is 57.6 Å². The van der Waals surface area contributed by atoms with Crippen molar-refractivity contribution in [1.82, 2.24) is 14.5 Å². The first-order valence-electron chi connectivity index (χ1n) is 11.0. The standard InChI is InChI=1S/C23H32N4O2/c1-5-20(28)22-17-14-19-15(11-9-13-25(19)4)16-10-8-12-18(21(16)17)27(22)24-23(29)26(6-2)7-3/h8,10,12,15,19H,5-7,9,11,13-14H2,1-4H3,(H,24,29)/t15-,19-/m1/s1. The van der Waals surface area contributed by atoms with E-state index in [1.807, 2.05) is 26.8 Å². The van der Waals surface area contributed by atoms with E-state index in [-0.39, 0.29) is 11.8 Å². The third-order valence-electron chi connectivity index (χ3n) is 6.84. The molecular weight excluding hydrogens is 364 g/mol. The number of fused-ring (bicyclic) bond motifs is 2. The fourth-order valence-corrected chi connectivity index (χ4v) is 5.30. The van der Waals surface area contributed by atoms with Gasteiger partial charge in [-0.3, -0.25) is 4.79 Å². The summed E-state index contributed by atoms with van der Waals surface area (Å²) in [4.78, 5) is 30.1. The van der Waals surface area contributed by atoms with Crippen molar-refractivity contribution in [2.24, 2.45) is 0 Å². The molecular formula is C23H32N4O2. The van der Waals surface area contributed by atoms with Crippen molar-refractivity contribution < 1.29 is 9.59 Å². The number of aromatic nitrogens is 1. The van der Waals surface area contributed by atoms with Crippen LogP contribution in [0.2, 0.25) is 0 Å². The van der Waals surface area contributed by atoms with Crippen LogP contribution >= 0.6 is 0 Å². The zero-order valence-electron chi connectivity index (χ0n) is 18.0. The van der Waals surface area contributed by atoms with Crippen LogP contribution in [0.1, 0.15) is 67.6 Å². The molecule has 1 aliphatic heterocycles. The first kappa shape index (κ1) is 20.0. The van der Waals surface area contributed by atoms with Crippen LogP contribution in [0.15, 0.2) is 18.2 Å². The van der Waals surface area contributed by atoms with E-state index in [1.54, 1.807) is 9.58 Å². The SMILES string of the molecule is CCC(=O)c1c2c3c(cccc3n1NC(=O)N(CC)CC)[C@H]1CCCN(C)[C@@H]1C2. The number of ketones is 1. The number of piperidine rings is 1. The number of Topliss-reactive ketones (excluding diaryl/α,β-unsaturated/α-hetero) is 1. The average molecular weight is 397 g/mol. The van der Waals surface area contributed by atoms with Crippen LogP contribution in [-0.2, 0) is 6.42 Å². The number of nitrogens with zero attached hydrogens (tertiary/aromatic N) is 3. The fourth-order valence-electron chi connectivity index (χ4n) is 5.30. The molecule has 1 aromatic carbocycles. The molecule has 0 spiro atoms. The summed E-state index contributed by atoms with van der Waals surface area (Å²) in [6, 6.07) is 6.57. The molecule has 0 radical (unpaired) electrons. The number of likely N-dealkylation sites (tertiary alicyclic amines) is 1. The number of hydrogen-bond acceptors (Lipinski definition) is 3. The van der Waals surface area contributed by atoms with Gasteiger partial charge in [0.25, 0.3) is 0 Å². The van der Waals surface area contributed by atoms with Crippen molar-refractivity contribution in [3.05, 3.63) is 35.0 Å². The molecule has 0 bridgehead atoms. The van der Waals surface area contributed by atoms with E-state index >= 15 is 0 Å². The van der Waals surface area contributed by atoms with Crippen molar-refractivity contribution in [2.45, 2.75) is 58.4 Å². The van der Waals surface area contributed by atoms with Gasteiger partial charge in [-0.1, -0.05) is 19.1 Å². The molecule has 2 amide bonds. The van der Waals surface area contributed by atoms with Gasteiger partial charge in [-0.25, -0.2) is 14.9 Å². The van der Waals surface area contributed by atoms with Crippen LogP contribution in [0.5, 0.6) is 0 Å². The van der Waals surface area contributed by atoms with Crippen molar-refractivity contribution >= 4 is 22.7 Å². The number of rotatable bonds is 5. The Morgan fingerprint density at radius 2 is 1.97 bits per heavy atom. The van der Waals surface area contributed by atoms with Crippen LogP contribution in [-0.4, -0.2) is 59.0 Å². The van der Waals surface area contributed by atoms with Crippen LogP contribution in [0.25, 0.3) is 10.9 Å². The second-order valence-corrected chi connectivity index (χ2v) is 8.27. The maximum absolute atomic E-state index is 13.1. The number of urea groups is 1. The average Bonchev–Trinajstić information content (AvgIpc) is 3.04. The molecule has 1 aromatic heterocycles. The Balaban J connectivity index is 1.90. The lowest BCUT2D eigenvalue weighted by Gasteiger charge is -2.42. The molecule has 156 valence electrons. The van der Waals surface area contributed by atoms with Crippen LogP contribution in [0, 0.1) is 0 Å². The van der Waals surface area contributed by atoms with E-state index in [2.05, 4.69) is 29.5 Å². The monoisotopic (exact) mass is 396 g/mol. The van der Waals surface area contributed by atoms with Crippen molar-refractivity contribution in [3.63, 3.8) is 0 Å². The molecule has 2 atom stereocenters. The lowest BCUT2D eigenvalue weighted by atomic mass is 9.74. The number of carbonyl (C=O) groups excluding carboxylic acids is 2. The highest BCUT2D eigenvalue weighted by Crippen LogP contribution is 2.45. The number of hydrogen-bond donors (Lipinski definition) is 1. The zero-order valence-corrected chi connectivity index (χ0v) is 18.0. The smallest absolute Gasteiger partial charge is 0.324 e. The Labute approximate surface area is 172 Å². The molecule has 2 aromatic rings. The molecule has 0 saturated carbocycles. The highest BCUT2D eigenvalue weighted by molar-refractivity contribution is 6.05. The lowest BCUT2D eigenvalue weighted by molar-refractivity contribution is 0.0978. The molecule has 4 rings (SSSR count). The van der Waals surface area contributed by atoms with E-state index in [9.17, 15) is 9.59 Å². The highest BCUT2D eigenvalue weighted by atomic mass is 16.2.